The molecule has 1 fully saturated rings. The van der Waals surface area contributed by atoms with Crippen LogP contribution in [-0.4, -0.2) is 30.3 Å². The van der Waals surface area contributed by atoms with Gasteiger partial charge in [-0.3, -0.25) is 4.79 Å². The predicted molar refractivity (Wildman–Crippen MR) is 118 cm³/mol. The van der Waals surface area contributed by atoms with Crippen LogP contribution in [0.5, 0.6) is 5.75 Å². The first kappa shape index (κ1) is 20.6. The van der Waals surface area contributed by atoms with Gasteiger partial charge in [0.25, 0.3) is 0 Å². The summed E-state index contributed by atoms with van der Waals surface area (Å²) in [4.78, 5) is 15.8. The second kappa shape index (κ2) is 7.53. The van der Waals surface area contributed by atoms with Gasteiger partial charge < -0.3 is 14.7 Å². The van der Waals surface area contributed by atoms with Crippen LogP contribution in [0.3, 0.4) is 0 Å². The third-order valence-electron chi connectivity index (χ3n) is 5.76. The molecule has 29 heavy (non-hydrogen) atoms. The topological polar surface area (TPSA) is 49.8 Å². The molecule has 2 aliphatic rings. The molecule has 0 saturated heterocycles. The second-order valence-electron chi connectivity index (χ2n) is 8.52. The quantitative estimate of drug-likeness (QED) is 0.717. The summed E-state index contributed by atoms with van der Waals surface area (Å²) in [6.45, 7) is 6.77. The maximum Gasteiger partial charge on any atom is 0.236 e. The Hall–Kier alpha value is -1.69. The molecular weight excluding hydrogens is 406 g/mol. The minimum absolute atomic E-state index is 0.0795. The van der Waals surface area contributed by atoms with Gasteiger partial charge in [0.1, 0.15) is 12.4 Å². The van der Waals surface area contributed by atoms with E-state index in [-0.39, 0.29) is 16.8 Å². The minimum Gasteiger partial charge on any atom is -0.490 e. The van der Waals surface area contributed by atoms with Crippen LogP contribution in [0, 0.1) is 5.41 Å². The number of amides is 1. The minimum atomic E-state index is -0.572. The van der Waals surface area contributed by atoms with Gasteiger partial charge in [0, 0.05) is 16.5 Å². The molecule has 0 spiro atoms. The molecule has 154 valence electrons. The van der Waals surface area contributed by atoms with Crippen LogP contribution >= 0.6 is 23.4 Å². The lowest BCUT2D eigenvalue weighted by Crippen LogP contribution is -2.42. The molecule has 1 saturated carbocycles. The van der Waals surface area contributed by atoms with Crippen molar-refractivity contribution in [3.8, 4) is 5.75 Å². The molecule has 1 aliphatic carbocycles. The number of carbonyl (C=O) groups is 1. The summed E-state index contributed by atoms with van der Waals surface area (Å²) in [7, 11) is 0. The third kappa shape index (κ3) is 3.76. The Bertz CT molecular complexity index is 922. The molecule has 0 atom stereocenters. The zero-order valence-electron chi connectivity index (χ0n) is 16.9. The molecule has 0 unspecified atom stereocenters. The van der Waals surface area contributed by atoms with Crippen molar-refractivity contribution < 1.29 is 14.6 Å². The lowest BCUT2D eigenvalue weighted by molar-refractivity contribution is -0.127. The summed E-state index contributed by atoms with van der Waals surface area (Å²) in [5.74, 6) is 0.816. The summed E-state index contributed by atoms with van der Waals surface area (Å²) in [5, 5.41) is 10.8. The van der Waals surface area contributed by atoms with Crippen LogP contribution in [0.2, 0.25) is 5.02 Å². The first-order valence-corrected chi connectivity index (χ1v) is 11.2. The monoisotopic (exact) mass is 431 g/mol. The average molecular weight is 432 g/mol. The number of thioether (sulfide) groups is 1. The fourth-order valence-corrected chi connectivity index (χ4v) is 5.70. The highest BCUT2D eigenvalue weighted by Gasteiger charge is 2.47. The lowest BCUT2D eigenvalue weighted by Gasteiger charge is -2.45. The van der Waals surface area contributed by atoms with Crippen LogP contribution < -0.4 is 9.64 Å². The summed E-state index contributed by atoms with van der Waals surface area (Å²) >= 11 is 7.78. The highest BCUT2D eigenvalue weighted by molar-refractivity contribution is 8.00. The molecule has 1 N–H and O–H groups in total. The Labute approximate surface area is 181 Å². The number of nitrogens with zero attached hydrogens (tertiary/aromatic N) is 1. The number of carbonyl (C=O) groups excluding carboxylic acids is 1. The van der Waals surface area contributed by atoms with Crippen molar-refractivity contribution in [2.45, 2.75) is 49.4 Å². The maximum atomic E-state index is 12.9. The summed E-state index contributed by atoms with van der Waals surface area (Å²) < 4.78 is 5.90. The SMILES string of the molecule is CCN1C(=O)C(C)(C)COc2cc(C3(Sc4ccc(Cl)cc4)CC(O)C3)ccc21. The van der Waals surface area contributed by atoms with E-state index in [2.05, 4.69) is 12.1 Å². The van der Waals surface area contributed by atoms with Crippen LogP contribution in [0.4, 0.5) is 5.69 Å². The van der Waals surface area contributed by atoms with Gasteiger partial charge in [0.15, 0.2) is 0 Å². The van der Waals surface area contributed by atoms with Crippen LogP contribution in [0.15, 0.2) is 47.4 Å². The summed E-state index contributed by atoms with van der Waals surface area (Å²) in [5.41, 5.74) is 1.36. The number of benzene rings is 2. The van der Waals surface area contributed by atoms with Crippen molar-refractivity contribution in [3.63, 3.8) is 0 Å². The molecule has 2 aromatic carbocycles. The van der Waals surface area contributed by atoms with E-state index in [1.807, 2.05) is 51.1 Å². The highest BCUT2D eigenvalue weighted by atomic mass is 35.5. The van der Waals surface area contributed by atoms with E-state index >= 15 is 0 Å². The highest BCUT2D eigenvalue weighted by Crippen LogP contribution is 2.56. The molecule has 1 aliphatic heterocycles. The Morgan fingerprint density at radius 2 is 1.90 bits per heavy atom. The van der Waals surface area contributed by atoms with Crippen molar-refractivity contribution in [1.82, 2.24) is 0 Å². The van der Waals surface area contributed by atoms with E-state index in [9.17, 15) is 9.90 Å². The molecule has 1 amide bonds. The zero-order chi connectivity index (χ0) is 20.8. The molecule has 2 aromatic rings. The molecule has 0 bridgehead atoms. The van der Waals surface area contributed by atoms with Gasteiger partial charge in [-0.25, -0.2) is 0 Å². The van der Waals surface area contributed by atoms with Gasteiger partial charge in [0.2, 0.25) is 5.91 Å². The van der Waals surface area contributed by atoms with Gasteiger partial charge in [-0.15, -0.1) is 11.8 Å². The Balaban J connectivity index is 1.70. The lowest BCUT2D eigenvalue weighted by atomic mass is 9.76. The number of hydrogen-bond acceptors (Lipinski definition) is 4. The summed E-state index contributed by atoms with van der Waals surface area (Å²) in [6, 6.07) is 13.9. The van der Waals surface area contributed by atoms with Gasteiger partial charge >= 0.3 is 0 Å². The first-order chi connectivity index (χ1) is 13.7. The van der Waals surface area contributed by atoms with E-state index in [0.29, 0.717) is 31.0 Å². The molecule has 4 rings (SSSR count). The number of rotatable bonds is 4. The molecule has 1 heterocycles. The van der Waals surface area contributed by atoms with Gasteiger partial charge in [-0.05, 0) is 75.6 Å². The van der Waals surface area contributed by atoms with Crippen molar-refractivity contribution in [2.24, 2.45) is 5.41 Å². The molecular formula is C23H26ClNO3S. The smallest absolute Gasteiger partial charge is 0.236 e. The predicted octanol–water partition coefficient (Wildman–Crippen LogP) is 5.25. The van der Waals surface area contributed by atoms with Crippen LogP contribution in [0.25, 0.3) is 0 Å². The van der Waals surface area contributed by atoms with Gasteiger partial charge in [-0.1, -0.05) is 17.7 Å². The van der Waals surface area contributed by atoms with E-state index in [0.717, 1.165) is 21.9 Å². The molecule has 6 heteroatoms. The standard InChI is InChI=1S/C23H26ClNO3S/c1-4-25-19-10-5-15(11-20(19)28-14-22(2,3)21(25)27)23(12-17(26)13-23)29-18-8-6-16(24)7-9-18/h5-11,17,26H,4,12-14H2,1-3H3. The van der Waals surface area contributed by atoms with E-state index in [4.69, 9.17) is 16.3 Å². The fraction of sp³-hybridized carbons (Fsp3) is 0.435. The summed E-state index contributed by atoms with van der Waals surface area (Å²) in [6.07, 6.45) is 1.06. The van der Waals surface area contributed by atoms with Crippen molar-refractivity contribution in [3.05, 3.63) is 53.1 Å². The normalized spacial score (nSPS) is 25.6. The number of aliphatic hydroxyl groups excluding tert-OH is 1. The van der Waals surface area contributed by atoms with Crippen LogP contribution in [0.1, 0.15) is 39.2 Å². The van der Waals surface area contributed by atoms with Crippen molar-refractivity contribution >= 4 is 35.0 Å². The fourth-order valence-electron chi connectivity index (χ4n) is 4.05. The maximum absolute atomic E-state index is 12.9. The number of fused-ring (bicyclic) bond motifs is 1. The van der Waals surface area contributed by atoms with Crippen molar-refractivity contribution in [2.75, 3.05) is 18.1 Å². The largest absolute Gasteiger partial charge is 0.490 e. The average Bonchev–Trinajstić information content (AvgIpc) is 2.76. The Morgan fingerprint density at radius 3 is 2.52 bits per heavy atom. The van der Waals surface area contributed by atoms with E-state index in [1.165, 1.54) is 0 Å². The Kier molecular flexibility index (Phi) is 5.34. The molecule has 0 radical (unpaired) electrons. The van der Waals surface area contributed by atoms with E-state index < -0.39 is 5.41 Å². The second-order valence-corrected chi connectivity index (χ2v) is 10.4. The van der Waals surface area contributed by atoms with Crippen LogP contribution in [-0.2, 0) is 9.54 Å². The first-order valence-electron chi connectivity index (χ1n) is 9.96. The number of halogens is 1. The van der Waals surface area contributed by atoms with E-state index in [1.54, 1.807) is 16.7 Å². The number of hydrogen-bond donors (Lipinski definition) is 1. The van der Waals surface area contributed by atoms with Gasteiger partial charge in [0.05, 0.1) is 22.0 Å². The Morgan fingerprint density at radius 1 is 1.21 bits per heavy atom. The molecule has 4 nitrogen and oxygen atoms in total. The number of aliphatic hydroxyl groups is 1. The van der Waals surface area contributed by atoms with Gasteiger partial charge in [-0.2, -0.15) is 0 Å². The molecule has 0 aromatic heterocycles. The number of anilines is 1. The zero-order valence-corrected chi connectivity index (χ0v) is 18.5. The number of ether oxygens (including phenoxy) is 1. The van der Waals surface area contributed by atoms with Crippen molar-refractivity contribution in [1.29, 1.82) is 0 Å². The third-order valence-corrected chi connectivity index (χ3v) is 7.48.